The number of aryl methyl sites for hydroxylation is 2. The predicted molar refractivity (Wildman–Crippen MR) is 99.7 cm³/mol. The smallest absolute Gasteiger partial charge is 0.252 e. The summed E-state index contributed by atoms with van der Waals surface area (Å²) in [5, 5.41) is 5.07. The summed E-state index contributed by atoms with van der Waals surface area (Å²) in [6.45, 7) is 4.31. The molecule has 3 aromatic rings. The van der Waals surface area contributed by atoms with E-state index in [0.29, 0.717) is 6.54 Å². The molecule has 0 saturated carbocycles. The summed E-state index contributed by atoms with van der Waals surface area (Å²) in [4.78, 5) is 14.9. The highest BCUT2D eigenvalue weighted by Gasteiger charge is 2.13. The van der Waals surface area contributed by atoms with Gasteiger partial charge in [0.15, 0.2) is 0 Å². The van der Waals surface area contributed by atoms with Gasteiger partial charge in [0.1, 0.15) is 11.5 Å². The van der Waals surface area contributed by atoms with E-state index in [1.807, 2.05) is 44.2 Å². The number of carbonyl (C=O) groups is 1. The highest BCUT2D eigenvalue weighted by Crippen LogP contribution is 2.28. The first kappa shape index (κ1) is 16.9. The van der Waals surface area contributed by atoms with Crippen LogP contribution in [0.5, 0.6) is 0 Å². The van der Waals surface area contributed by atoms with Gasteiger partial charge in [-0.15, -0.1) is 23.1 Å². The van der Waals surface area contributed by atoms with E-state index in [1.165, 1.54) is 4.88 Å². The normalized spacial score (nSPS) is 10.8. The lowest BCUT2D eigenvalue weighted by Crippen LogP contribution is -2.23. The number of nitrogens with one attached hydrogen (secondary N) is 1. The van der Waals surface area contributed by atoms with E-state index < -0.39 is 0 Å². The van der Waals surface area contributed by atoms with Crippen LogP contribution < -0.4 is 5.32 Å². The number of furan rings is 1. The van der Waals surface area contributed by atoms with Crippen molar-refractivity contribution in [1.82, 2.24) is 5.32 Å². The van der Waals surface area contributed by atoms with Gasteiger partial charge in [-0.3, -0.25) is 4.79 Å². The van der Waals surface area contributed by atoms with Crippen molar-refractivity contribution in [3.05, 3.63) is 75.4 Å². The molecule has 0 fully saturated rings. The number of amides is 1. The van der Waals surface area contributed by atoms with Crippen LogP contribution in [0.4, 0.5) is 0 Å². The molecular formula is C19H19NO2S2. The Hall–Kier alpha value is -1.98. The summed E-state index contributed by atoms with van der Waals surface area (Å²) in [5.74, 6) is 2.54. The molecule has 124 valence electrons. The van der Waals surface area contributed by atoms with Crippen molar-refractivity contribution in [2.45, 2.75) is 31.0 Å². The minimum atomic E-state index is -0.0532. The van der Waals surface area contributed by atoms with Gasteiger partial charge in [-0.1, -0.05) is 18.2 Å². The molecule has 0 unspecified atom stereocenters. The van der Waals surface area contributed by atoms with Gasteiger partial charge < -0.3 is 9.73 Å². The van der Waals surface area contributed by atoms with E-state index in [2.05, 4.69) is 22.8 Å². The number of benzene rings is 1. The highest BCUT2D eigenvalue weighted by atomic mass is 32.2. The maximum absolute atomic E-state index is 12.6. The largest absolute Gasteiger partial charge is 0.466 e. The maximum Gasteiger partial charge on any atom is 0.252 e. The lowest BCUT2D eigenvalue weighted by atomic mass is 10.2. The molecule has 0 aliphatic rings. The predicted octanol–water partition coefficient (Wildman–Crippen LogP) is 5.18. The van der Waals surface area contributed by atoms with Crippen molar-refractivity contribution in [1.29, 1.82) is 0 Å². The third-order valence-electron chi connectivity index (χ3n) is 3.66. The van der Waals surface area contributed by atoms with Crippen LogP contribution in [0.15, 0.2) is 57.2 Å². The van der Waals surface area contributed by atoms with E-state index in [-0.39, 0.29) is 5.91 Å². The highest BCUT2D eigenvalue weighted by molar-refractivity contribution is 7.98. The van der Waals surface area contributed by atoms with E-state index in [9.17, 15) is 4.79 Å². The molecular weight excluding hydrogens is 338 g/mol. The van der Waals surface area contributed by atoms with Crippen LogP contribution in [0.3, 0.4) is 0 Å². The molecule has 3 rings (SSSR count). The quantitative estimate of drug-likeness (QED) is 0.618. The molecule has 0 radical (unpaired) electrons. The Kier molecular flexibility index (Phi) is 5.43. The van der Waals surface area contributed by atoms with Crippen molar-refractivity contribution in [2.75, 3.05) is 0 Å². The van der Waals surface area contributed by atoms with Gasteiger partial charge >= 0.3 is 0 Å². The molecule has 2 heterocycles. The second-order valence-electron chi connectivity index (χ2n) is 5.49. The number of thioether (sulfide) groups is 1. The number of rotatable bonds is 6. The number of thiophene rings is 1. The van der Waals surface area contributed by atoms with E-state index in [0.717, 1.165) is 33.3 Å². The Labute approximate surface area is 150 Å². The van der Waals surface area contributed by atoms with Crippen molar-refractivity contribution in [3.63, 3.8) is 0 Å². The lowest BCUT2D eigenvalue weighted by Gasteiger charge is -2.09. The summed E-state index contributed by atoms with van der Waals surface area (Å²) in [6, 6.07) is 13.9. The average molecular weight is 358 g/mol. The average Bonchev–Trinajstić information content (AvgIpc) is 3.20. The Bertz CT molecular complexity index is 822. The van der Waals surface area contributed by atoms with Gasteiger partial charge in [0, 0.05) is 27.6 Å². The zero-order valence-electron chi connectivity index (χ0n) is 13.7. The molecule has 1 amide bonds. The van der Waals surface area contributed by atoms with Crippen molar-refractivity contribution < 1.29 is 9.21 Å². The summed E-state index contributed by atoms with van der Waals surface area (Å²) in [6.07, 6.45) is 0. The van der Waals surface area contributed by atoms with Crippen LogP contribution in [-0.4, -0.2) is 5.91 Å². The second kappa shape index (κ2) is 7.73. The third kappa shape index (κ3) is 4.10. The Morgan fingerprint density at radius 3 is 2.75 bits per heavy atom. The number of hydrogen-bond acceptors (Lipinski definition) is 4. The lowest BCUT2D eigenvalue weighted by molar-refractivity contribution is 0.0948. The van der Waals surface area contributed by atoms with Gasteiger partial charge in [0.25, 0.3) is 5.91 Å². The molecule has 1 aromatic carbocycles. The Morgan fingerprint density at radius 1 is 1.21 bits per heavy atom. The van der Waals surface area contributed by atoms with Crippen molar-refractivity contribution in [2.24, 2.45) is 0 Å². The summed E-state index contributed by atoms with van der Waals surface area (Å²) in [7, 11) is 0. The first-order chi connectivity index (χ1) is 11.6. The van der Waals surface area contributed by atoms with Crippen LogP contribution in [0.1, 0.15) is 32.3 Å². The summed E-state index contributed by atoms with van der Waals surface area (Å²) >= 11 is 3.43. The van der Waals surface area contributed by atoms with Crippen LogP contribution >= 0.6 is 23.1 Å². The van der Waals surface area contributed by atoms with Gasteiger partial charge in [0.2, 0.25) is 0 Å². The molecule has 3 nitrogen and oxygen atoms in total. The standard InChI is InChI=1S/C19H19NO2S2/c1-13-10-15(14(2)22-13)11-20-19(21)17-7-3-4-8-18(17)24-12-16-6-5-9-23-16/h3-10H,11-12H2,1-2H3,(H,20,21). The molecule has 0 bridgehead atoms. The number of hydrogen-bond donors (Lipinski definition) is 1. The van der Waals surface area contributed by atoms with Crippen molar-refractivity contribution in [3.8, 4) is 0 Å². The van der Waals surface area contributed by atoms with Crippen LogP contribution in [0.25, 0.3) is 0 Å². The molecule has 1 N–H and O–H groups in total. The Morgan fingerprint density at radius 2 is 2.04 bits per heavy atom. The summed E-state index contributed by atoms with van der Waals surface area (Å²) in [5.41, 5.74) is 1.74. The molecule has 0 aliphatic heterocycles. The minimum Gasteiger partial charge on any atom is -0.466 e. The SMILES string of the molecule is Cc1cc(CNC(=O)c2ccccc2SCc2cccs2)c(C)o1. The van der Waals surface area contributed by atoms with Gasteiger partial charge in [-0.05, 0) is 43.5 Å². The first-order valence-electron chi connectivity index (χ1n) is 7.72. The zero-order valence-corrected chi connectivity index (χ0v) is 15.3. The topological polar surface area (TPSA) is 42.2 Å². The fraction of sp³-hybridized carbons (Fsp3) is 0.211. The van der Waals surface area contributed by atoms with Crippen LogP contribution in [-0.2, 0) is 12.3 Å². The molecule has 2 aromatic heterocycles. The zero-order chi connectivity index (χ0) is 16.9. The fourth-order valence-corrected chi connectivity index (χ4v) is 4.28. The maximum atomic E-state index is 12.6. The summed E-state index contributed by atoms with van der Waals surface area (Å²) < 4.78 is 5.50. The first-order valence-corrected chi connectivity index (χ1v) is 9.58. The van der Waals surface area contributed by atoms with E-state index >= 15 is 0 Å². The second-order valence-corrected chi connectivity index (χ2v) is 7.53. The number of carbonyl (C=O) groups excluding carboxylic acids is 1. The minimum absolute atomic E-state index is 0.0532. The fourth-order valence-electron chi connectivity index (χ4n) is 2.45. The molecule has 0 atom stereocenters. The van der Waals surface area contributed by atoms with Gasteiger partial charge in [-0.25, -0.2) is 0 Å². The molecule has 24 heavy (non-hydrogen) atoms. The van der Waals surface area contributed by atoms with Crippen LogP contribution in [0, 0.1) is 13.8 Å². The van der Waals surface area contributed by atoms with Crippen LogP contribution in [0.2, 0.25) is 0 Å². The molecule has 0 saturated heterocycles. The Balaban J connectivity index is 1.67. The van der Waals surface area contributed by atoms with E-state index in [4.69, 9.17) is 4.42 Å². The van der Waals surface area contributed by atoms with Crippen molar-refractivity contribution >= 4 is 29.0 Å². The monoisotopic (exact) mass is 357 g/mol. The molecule has 0 spiro atoms. The molecule has 0 aliphatic carbocycles. The third-order valence-corrected chi connectivity index (χ3v) is 5.85. The molecule has 5 heteroatoms. The van der Waals surface area contributed by atoms with E-state index in [1.54, 1.807) is 23.1 Å². The van der Waals surface area contributed by atoms with Gasteiger partial charge in [-0.2, -0.15) is 0 Å². The van der Waals surface area contributed by atoms with Gasteiger partial charge in [0.05, 0.1) is 5.56 Å².